The second kappa shape index (κ2) is 51.2. The van der Waals surface area contributed by atoms with Gasteiger partial charge in [0.1, 0.15) is 18.8 Å². The van der Waals surface area contributed by atoms with Crippen LogP contribution in [0.25, 0.3) is 0 Å². The average molecular weight is 1060 g/mol. The molecule has 6 atom stereocenters. The molecule has 75 heavy (non-hydrogen) atoms. The summed E-state index contributed by atoms with van der Waals surface area (Å²) in [4.78, 5) is 51.1. The number of aliphatic carboxylic acids is 1. The normalized spacial score (nSPS) is 18.5. The SMILES string of the molecule is CC/C=C\C/C=C\C/C=C\CCCCCC(=O)OC1C(OCC(COC(=O)CCCCCCCCCCC/C=C\CCCCCCCC)OC(=O)CCCCCCC/C=C\CCCCCC)OC(C(=O)O)C(O)C1O. The molecule has 0 spiro atoms. The highest BCUT2D eigenvalue weighted by atomic mass is 16.7. The number of ether oxygens (including phenoxy) is 5. The molecule has 1 fully saturated rings. The van der Waals surface area contributed by atoms with Gasteiger partial charge in [-0.15, -0.1) is 0 Å². The fraction of sp³-hybridized carbons (Fsp3) is 0.778. The number of allylic oxidation sites excluding steroid dienone is 10. The molecule has 1 rings (SSSR count). The van der Waals surface area contributed by atoms with Gasteiger partial charge >= 0.3 is 23.9 Å². The number of rotatable bonds is 51. The molecular weight excluding hydrogens is 949 g/mol. The lowest BCUT2D eigenvalue weighted by Crippen LogP contribution is -2.61. The van der Waals surface area contributed by atoms with E-state index in [1.54, 1.807) is 0 Å². The van der Waals surface area contributed by atoms with Crippen molar-refractivity contribution in [1.82, 2.24) is 0 Å². The molecule has 0 aromatic heterocycles. The Morgan fingerprint density at radius 3 is 1.32 bits per heavy atom. The summed E-state index contributed by atoms with van der Waals surface area (Å²) in [6.45, 7) is 5.84. The number of carboxylic acids is 1. The minimum Gasteiger partial charge on any atom is -0.479 e. The van der Waals surface area contributed by atoms with Crippen LogP contribution in [-0.2, 0) is 42.9 Å². The van der Waals surface area contributed by atoms with Crippen molar-refractivity contribution >= 4 is 23.9 Å². The molecule has 0 aromatic carbocycles. The van der Waals surface area contributed by atoms with Gasteiger partial charge in [-0.2, -0.15) is 0 Å². The van der Waals surface area contributed by atoms with Gasteiger partial charge < -0.3 is 39.0 Å². The second-order valence-corrected chi connectivity index (χ2v) is 20.6. The maximum atomic E-state index is 13.1. The summed E-state index contributed by atoms with van der Waals surface area (Å²) in [5.74, 6) is -3.16. The smallest absolute Gasteiger partial charge is 0.335 e. The van der Waals surface area contributed by atoms with Gasteiger partial charge in [-0.25, -0.2) is 4.79 Å². The Labute approximate surface area is 456 Å². The standard InChI is InChI=1S/C63H108O12/c1-4-7-10-13-16-19-22-25-26-27-28-29-30-33-34-37-40-43-46-49-55(64)71-52-54(73-56(65)50-47-44-41-38-35-31-23-20-17-14-11-8-5-2)53-72-63-61(59(68)58(67)60(75-63)62(69)70)74-57(66)51-48-45-42-39-36-32-24-21-18-15-12-9-6-3/h9,12,18,20-21,23,25-26,32,36,54,58-61,63,67-68H,4-8,10-11,13-17,19,22,24,27-31,33-35,37-53H2,1-3H3,(H,69,70)/b12-9-,21-18-,23-20-,26-25-,36-32-. The van der Waals surface area contributed by atoms with Gasteiger partial charge in [0.2, 0.25) is 0 Å². The predicted molar refractivity (Wildman–Crippen MR) is 303 cm³/mol. The van der Waals surface area contributed by atoms with Crippen LogP contribution in [0.1, 0.15) is 265 Å². The summed E-state index contributed by atoms with van der Waals surface area (Å²) in [6, 6.07) is 0. The Balaban J connectivity index is 2.67. The molecule has 1 saturated heterocycles. The molecule has 1 aliphatic heterocycles. The first-order valence-corrected chi connectivity index (χ1v) is 30.3. The molecule has 1 aliphatic rings. The van der Waals surface area contributed by atoms with Crippen molar-refractivity contribution in [2.75, 3.05) is 13.2 Å². The minimum absolute atomic E-state index is 0.0240. The first-order chi connectivity index (χ1) is 36.6. The molecule has 12 heteroatoms. The molecule has 3 N–H and O–H groups in total. The Kier molecular flexibility index (Phi) is 47.4. The zero-order valence-corrected chi connectivity index (χ0v) is 47.5. The maximum absolute atomic E-state index is 13.1. The Bertz CT molecular complexity index is 1540. The highest BCUT2D eigenvalue weighted by Crippen LogP contribution is 2.26. The van der Waals surface area contributed by atoms with E-state index in [2.05, 4.69) is 81.5 Å². The van der Waals surface area contributed by atoms with E-state index in [0.29, 0.717) is 19.3 Å². The molecule has 12 nitrogen and oxygen atoms in total. The number of aliphatic hydroxyl groups is 2. The molecular formula is C63H108O12. The fourth-order valence-corrected chi connectivity index (χ4v) is 8.90. The number of carbonyl (C=O) groups is 4. The largest absolute Gasteiger partial charge is 0.479 e. The van der Waals surface area contributed by atoms with E-state index in [1.807, 2.05) is 0 Å². The number of carbonyl (C=O) groups excluding carboxylic acids is 3. The number of carboxylic acid groups (broad SMARTS) is 1. The van der Waals surface area contributed by atoms with Gasteiger partial charge in [-0.3, -0.25) is 14.4 Å². The quantitative estimate of drug-likeness (QED) is 0.0228. The van der Waals surface area contributed by atoms with Crippen LogP contribution in [0.3, 0.4) is 0 Å². The fourth-order valence-electron chi connectivity index (χ4n) is 8.90. The first kappa shape index (κ1) is 69.4. The summed E-state index contributed by atoms with van der Waals surface area (Å²) in [7, 11) is 0. The third kappa shape index (κ3) is 41.2. The van der Waals surface area contributed by atoms with Crippen LogP contribution < -0.4 is 0 Å². The number of aliphatic hydroxyl groups excluding tert-OH is 2. The van der Waals surface area contributed by atoms with Crippen LogP contribution in [0.15, 0.2) is 60.8 Å². The summed E-state index contributed by atoms with van der Waals surface area (Å²) in [5.41, 5.74) is 0. The second-order valence-electron chi connectivity index (χ2n) is 20.6. The lowest BCUT2D eigenvalue weighted by Gasteiger charge is -2.40. The lowest BCUT2D eigenvalue weighted by molar-refractivity contribution is -0.301. The zero-order chi connectivity index (χ0) is 54.7. The van der Waals surface area contributed by atoms with Crippen molar-refractivity contribution in [1.29, 1.82) is 0 Å². The first-order valence-electron chi connectivity index (χ1n) is 30.3. The number of unbranched alkanes of at least 4 members (excludes halogenated alkanes) is 27. The van der Waals surface area contributed by atoms with Crippen molar-refractivity contribution in [3.8, 4) is 0 Å². The molecule has 0 amide bonds. The summed E-state index contributed by atoms with van der Waals surface area (Å²) >= 11 is 0. The predicted octanol–water partition coefficient (Wildman–Crippen LogP) is 15.6. The molecule has 6 unspecified atom stereocenters. The van der Waals surface area contributed by atoms with Crippen molar-refractivity contribution in [2.45, 2.75) is 302 Å². The molecule has 432 valence electrons. The van der Waals surface area contributed by atoms with Gasteiger partial charge in [-0.05, 0) is 103 Å². The third-order valence-electron chi connectivity index (χ3n) is 13.5. The Hall–Kier alpha value is -3.58. The molecule has 1 heterocycles. The summed E-state index contributed by atoms with van der Waals surface area (Å²) in [5, 5.41) is 31.4. The van der Waals surface area contributed by atoms with Crippen LogP contribution in [0.5, 0.6) is 0 Å². The monoisotopic (exact) mass is 1060 g/mol. The highest BCUT2D eigenvalue weighted by molar-refractivity contribution is 5.74. The van der Waals surface area contributed by atoms with Crippen molar-refractivity contribution < 1.29 is 58.2 Å². The average Bonchev–Trinajstić information content (AvgIpc) is 3.39. The van der Waals surface area contributed by atoms with Gasteiger partial charge in [0, 0.05) is 19.3 Å². The van der Waals surface area contributed by atoms with E-state index >= 15 is 0 Å². The van der Waals surface area contributed by atoms with E-state index in [1.165, 1.54) is 109 Å². The molecule has 0 saturated carbocycles. The molecule has 0 bridgehead atoms. The van der Waals surface area contributed by atoms with Crippen LogP contribution in [0.4, 0.5) is 0 Å². The van der Waals surface area contributed by atoms with Crippen LogP contribution in [0.2, 0.25) is 0 Å². The van der Waals surface area contributed by atoms with E-state index < -0.39 is 67.3 Å². The van der Waals surface area contributed by atoms with Crippen molar-refractivity contribution in [3.05, 3.63) is 60.8 Å². The van der Waals surface area contributed by atoms with Crippen molar-refractivity contribution in [2.24, 2.45) is 0 Å². The summed E-state index contributed by atoms with van der Waals surface area (Å²) in [6.07, 6.45) is 50.5. The van der Waals surface area contributed by atoms with Gasteiger partial charge in [0.25, 0.3) is 0 Å². The van der Waals surface area contributed by atoms with Crippen molar-refractivity contribution in [3.63, 3.8) is 0 Å². The highest BCUT2D eigenvalue weighted by Gasteiger charge is 2.50. The molecule has 0 aliphatic carbocycles. The lowest BCUT2D eigenvalue weighted by atomic mass is 9.98. The zero-order valence-electron chi connectivity index (χ0n) is 47.5. The van der Waals surface area contributed by atoms with Gasteiger partial charge in [-0.1, -0.05) is 204 Å². The Morgan fingerprint density at radius 2 is 0.840 bits per heavy atom. The van der Waals surface area contributed by atoms with E-state index in [9.17, 15) is 34.5 Å². The van der Waals surface area contributed by atoms with E-state index in [-0.39, 0.29) is 25.9 Å². The van der Waals surface area contributed by atoms with Crippen LogP contribution in [-0.4, -0.2) is 89.2 Å². The molecule has 0 radical (unpaired) electrons. The van der Waals surface area contributed by atoms with Crippen LogP contribution in [0, 0.1) is 0 Å². The molecule has 0 aromatic rings. The van der Waals surface area contributed by atoms with Gasteiger partial charge in [0.15, 0.2) is 24.6 Å². The maximum Gasteiger partial charge on any atom is 0.335 e. The summed E-state index contributed by atoms with van der Waals surface area (Å²) < 4.78 is 28.4. The van der Waals surface area contributed by atoms with E-state index in [0.717, 1.165) is 96.3 Å². The van der Waals surface area contributed by atoms with Crippen LogP contribution >= 0.6 is 0 Å². The van der Waals surface area contributed by atoms with Gasteiger partial charge in [0.05, 0.1) is 6.61 Å². The Morgan fingerprint density at radius 1 is 0.453 bits per heavy atom. The number of hydrogen-bond donors (Lipinski definition) is 3. The number of esters is 3. The van der Waals surface area contributed by atoms with E-state index in [4.69, 9.17) is 23.7 Å². The third-order valence-corrected chi connectivity index (χ3v) is 13.5. The number of hydrogen-bond acceptors (Lipinski definition) is 11. The topological polar surface area (TPSA) is 175 Å². The minimum atomic E-state index is -1.91.